The fourth-order valence-electron chi connectivity index (χ4n) is 3.11. The van der Waals surface area contributed by atoms with Crippen molar-refractivity contribution in [2.24, 2.45) is 0 Å². The highest BCUT2D eigenvalue weighted by atomic mass is 15.0. The Morgan fingerprint density at radius 1 is 0.708 bits per heavy atom. The van der Waals surface area contributed by atoms with E-state index in [1.807, 2.05) is 18.7 Å². The molecule has 0 saturated heterocycles. The largest absolute Gasteiger partial charge is 0.333 e. The van der Waals surface area contributed by atoms with Crippen molar-refractivity contribution >= 4 is 0 Å². The lowest BCUT2D eigenvalue weighted by atomic mass is 9.90. The molecule has 0 bridgehead atoms. The number of hydrogen-bond donors (Lipinski definition) is 0. The van der Waals surface area contributed by atoms with E-state index in [9.17, 15) is 0 Å². The minimum Gasteiger partial charge on any atom is -0.333 e. The van der Waals surface area contributed by atoms with E-state index in [1.54, 1.807) is 0 Å². The Labute approximate surface area is 142 Å². The van der Waals surface area contributed by atoms with Crippen molar-refractivity contribution in [1.82, 2.24) is 9.55 Å². The summed E-state index contributed by atoms with van der Waals surface area (Å²) in [6.07, 6.45) is 5.69. The van der Waals surface area contributed by atoms with Crippen molar-refractivity contribution in [3.63, 3.8) is 0 Å². The van der Waals surface area contributed by atoms with E-state index in [0.717, 1.165) is 6.54 Å². The summed E-state index contributed by atoms with van der Waals surface area (Å²) in [5.41, 5.74) is 6.33. The summed E-state index contributed by atoms with van der Waals surface area (Å²) < 4.78 is 2.11. The zero-order valence-electron chi connectivity index (χ0n) is 13.3. The molecule has 0 unspecified atom stereocenters. The van der Waals surface area contributed by atoms with Gasteiger partial charge in [-0.3, -0.25) is 0 Å². The molecule has 4 aromatic rings. The van der Waals surface area contributed by atoms with Gasteiger partial charge in [0.25, 0.3) is 0 Å². The Hall–Kier alpha value is -3.13. The molecule has 0 spiro atoms. The van der Waals surface area contributed by atoms with E-state index < -0.39 is 0 Å². The molecule has 1 heterocycles. The van der Waals surface area contributed by atoms with Crippen LogP contribution in [0.25, 0.3) is 22.3 Å². The molecule has 1 aromatic heterocycles. The summed E-state index contributed by atoms with van der Waals surface area (Å²) in [5, 5.41) is 0. The second kappa shape index (κ2) is 6.55. The number of aromatic nitrogens is 2. The van der Waals surface area contributed by atoms with E-state index in [-0.39, 0.29) is 0 Å². The first-order valence-electron chi connectivity index (χ1n) is 8.10. The van der Waals surface area contributed by atoms with Gasteiger partial charge < -0.3 is 4.57 Å². The molecule has 116 valence electrons. The molecule has 0 aliphatic carbocycles. The van der Waals surface area contributed by atoms with Crippen LogP contribution in [-0.2, 0) is 6.54 Å². The van der Waals surface area contributed by atoms with E-state index >= 15 is 0 Å². The molecule has 0 fully saturated rings. The molecule has 0 N–H and O–H groups in total. The van der Waals surface area contributed by atoms with Crippen molar-refractivity contribution in [2.45, 2.75) is 6.54 Å². The fraction of sp³-hybridized carbons (Fsp3) is 0.0455. The summed E-state index contributed by atoms with van der Waals surface area (Å²) in [6, 6.07) is 27.7. The zero-order chi connectivity index (χ0) is 16.2. The smallest absolute Gasteiger partial charge is 0.0949 e. The van der Waals surface area contributed by atoms with Crippen LogP contribution in [-0.4, -0.2) is 9.55 Å². The maximum atomic E-state index is 4.16. The highest BCUT2D eigenvalue weighted by molar-refractivity contribution is 5.85. The standard InChI is InChI=1S/C22H18N2/c1-3-8-18(9-4-1)21-13-7-12-20(16-24-15-14-23-17-24)22(21)19-10-5-2-6-11-19/h1-15,17H,16H2. The minimum absolute atomic E-state index is 0.810. The van der Waals surface area contributed by atoms with Crippen molar-refractivity contribution in [1.29, 1.82) is 0 Å². The SMILES string of the molecule is c1ccc(-c2cccc(Cn3ccnc3)c2-c2ccccc2)cc1. The van der Waals surface area contributed by atoms with Gasteiger partial charge in [-0.1, -0.05) is 78.9 Å². The van der Waals surface area contributed by atoms with Gasteiger partial charge in [0.1, 0.15) is 0 Å². The van der Waals surface area contributed by atoms with Crippen LogP contribution in [0.4, 0.5) is 0 Å². The third-order valence-corrected chi connectivity index (χ3v) is 4.21. The molecule has 2 heteroatoms. The van der Waals surface area contributed by atoms with E-state index in [1.165, 1.54) is 27.8 Å². The van der Waals surface area contributed by atoms with E-state index in [4.69, 9.17) is 0 Å². The molecule has 4 rings (SSSR count). The summed E-state index contributed by atoms with van der Waals surface area (Å²) in [4.78, 5) is 4.16. The highest BCUT2D eigenvalue weighted by Crippen LogP contribution is 2.35. The van der Waals surface area contributed by atoms with Crippen LogP contribution < -0.4 is 0 Å². The Morgan fingerprint density at radius 2 is 1.42 bits per heavy atom. The maximum absolute atomic E-state index is 4.16. The Morgan fingerprint density at radius 3 is 2.08 bits per heavy atom. The first-order chi connectivity index (χ1) is 11.9. The first kappa shape index (κ1) is 14.5. The maximum Gasteiger partial charge on any atom is 0.0949 e. The number of imidazole rings is 1. The van der Waals surface area contributed by atoms with Crippen LogP contribution in [0.3, 0.4) is 0 Å². The Balaban J connectivity index is 1.91. The zero-order valence-corrected chi connectivity index (χ0v) is 13.3. The first-order valence-corrected chi connectivity index (χ1v) is 8.10. The molecule has 0 aliphatic heterocycles. The summed E-state index contributed by atoms with van der Waals surface area (Å²) in [5.74, 6) is 0. The van der Waals surface area contributed by atoms with Crippen molar-refractivity contribution in [3.05, 3.63) is 103 Å². The number of rotatable bonds is 4. The second-order valence-corrected chi connectivity index (χ2v) is 5.81. The van der Waals surface area contributed by atoms with Crippen LogP contribution in [0.1, 0.15) is 5.56 Å². The second-order valence-electron chi connectivity index (χ2n) is 5.81. The summed E-state index contributed by atoms with van der Waals surface area (Å²) in [7, 11) is 0. The molecule has 0 aliphatic rings. The normalized spacial score (nSPS) is 10.7. The van der Waals surface area contributed by atoms with Crippen LogP contribution in [0, 0.1) is 0 Å². The molecule has 3 aromatic carbocycles. The number of nitrogens with zero attached hydrogens (tertiary/aromatic N) is 2. The molecule has 0 saturated carbocycles. The van der Waals surface area contributed by atoms with Gasteiger partial charge >= 0.3 is 0 Å². The van der Waals surface area contributed by atoms with Crippen molar-refractivity contribution in [2.75, 3.05) is 0 Å². The van der Waals surface area contributed by atoms with Gasteiger partial charge in [-0.05, 0) is 27.8 Å². The molecule has 0 amide bonds. The van der Waals surface area contributed by atoms with Crippen molar-refractivity contribution < 1.29 is 0 Å². The Kier molecular flexibility index (Phi) is 3.95. The third kappa shape index (κ3) is 2.86. The molecular weight excluding hydrogens is 292 g/mol. The summed E-state index contributed by atoms with van der Waals surface area (Å²) in [6.45, 7) is 0.810. The number of benzene rings is 3. The van der Waals surface area contributed by atoms with Gasteiger partial charge in [0.2, 0.25) is 0 Å². The van der Waals surface area contributed by atoms with Gasteiger partial charge in [0, 0.05) is 18.9 Å². The van der Waals surface area contributed by atoms with Gasteiger partial charge in [0.15, 0.2) is 0 Å². The fourth-order valence-corrected chi connectivity index (χ4v) is 3.11. The van der Waals surface area contributed by atoms with Gasteiger partial charge in [-0.25, -0.2) is 4.98 Å². The monoisotopic (exact) mass is 310 g/mol. The predicted octanol–water partition coefficient (Wildman–Crippen LogP) is 5.27. The Bertz CT molecular complexity index is 911. The molecule has 0 atom stereocenters. The predicted molar refractivity (Wildman–Crippen MR) is 98.6 cm³/mol. The average Bonchev–Trinajstić information content (AvgIpc) is 3.16. The van der Waals surface area contributed by atoms with Crippen LogP contribution in [0.15, 0.2) is 97.6 Å². The third-order valence-electron chi connectivity index (χ3n) is 4.21. The van der Waals surface area contributed by atoms with E-state index in [2.05, 4.69) is 88.4 Å². The summed E-state index contributed by atoms with van der Waals surface area (Å²) >= 11 is 0. The molecular formula is C22H18N2. The van der Waals surface area contributed by atoms with Crippen LogP contribution in [0.5, 0.6) is 0 Å². The van der Waals surface area contributed by atoms with Crippen LogP contribution >= 0.6 is 0 Å². The number of hydrogen-bond acceptors (Lipinski definition) is 1. The topological polar surface area (TPSA) is 17.8 Å². The van der Waals surface area contributed by atoms with Gasteiger partial charge in [0.05, 0.1) is 6.33 Å². The van der Waals surface area contributed by atoms with Crippen molar-refractivity contribution in [3.8, 4) is 22.3 Å². The lowest BCUT2D eigenvalue weighted by molar-refractivity contribution is 0.799. The lowest BCUT2D eigenvalue weighted by Crippen LogP contribution is -2.00. The van der Waals surface area contributed by atoms with E-state index in [0.29, 0.717) is 0 Å². The molecule has 0 radical (unpaired) electrons. The highest BCUT2D eigenvalue weighted by Gasteiger charge is 2.12. The quantitative estimate of drug-likeness (QED) is 0.502. The van der Waals surface area contributed by atoms with Gasteiger partial charge in [-0.2, -0.15) is 0 Å². The van der Waals surface area contributed by atoms with Gasteiger partial charge in [-0.15, -0.1) is 0 Å². The minimum atomic E-state index is 0.810. The lowest BCUT2D eigenvalue weighted by Gasteiger charge is -2.16. The van der Waals surface area contributed by atoms with Crippen LogP contribution in [0.2, 0.25) is 0 Å². The average molecular weight is 310 g/mol. The molecule has 2 nitrogen and oxygen atoms in total. The molecule has 24 heavy (non-hydrogen) atoms.